The summed E-state index contributed by atoms with van der Waals surface area (Å²) in [4.78, 5) is 12.6. The third-order valence-electron chi connectivity index (χ3n) is 3.14. The van der Waals surface area contributed by atoms with Gasteiger partial charge in [-0.25, -0.2) is 4.98 Å². The highest BCUT2D eigenvalue weighted by Gasteiger charge is 2.24. The van der Waals surface area contributed by atoms with Crippen molar-refractivity contribution < 1.29 is 5.11 Å². The predicted octanol–water partition coefficient (Wildman–Crippen LogP) is 1.74. The van der Waals surface area contributed by atoms with E-state index in [0.29, 0.717) is 16.9 Å². The summed E-state index contributed by atoms with van der Waals surface area (Å²) in [6.07, 6.45) is 5.01. The first-order valence-electron chi connectivity index (χ1n) is 6.46. The summed E-state index contributed by atoms with van der Waals surface area (Å²) < 4.78 is 0. The van der Waals surface area contributed by atoms with Gasteiger partial charge >= 0.3 is 0 Å². The van der Waals surface area contributed by atoms with Crippen LogP contribution >= 0.6 is 0 Å². The summed E-state index contributed by atoms with van der Waals surface area (Å²) in [7, 11) is 0. The van der Waals surface area contributed by atoms with Crippen LogP contribution in [0.4, 0.5) is 11.8 Å². The second-order valence-corrected chi connectivity index (χ2v) is 4.97. The van der Waals surface area contributed by atoms with Crippen LogP contribution in [-0.2, 0) is 0 Å². The van der Waals surface area contributed by atoms with E-state index >= 15 is 0 Å². The average molecular weight is 273 g/mol. The summed E-state index contributed by atoms with van der Waals surface area (Å²) in [5.41, 5.74) is 6.51. The summed E-state index contributed by atoms with van der Waals surface area (Å²) >= 11 is 0. The Hall–Kier alpha value is -2.21. The van der Waals surface area contributed by atoms with Gasteiger partial charge in [0.15, 0.2) is 5.82 Å². The quantitative estimate of drug-likeness (QED) is 0.694. The minimum absolute atomic E-state index is 0.0287. The van der Waals surface area contributed by atoms with Crippen LogP contribution in [0.1, 0.15) is 19.8 Å². The van der Waals surface area contributed by atoms with Gasteiger partial charge in [0.1, 0.15) is 5.52 Å². The Morgan fingerprint density at radius 1 is 1.50 bits per heavy atom. The van der Waals surface area contributed by atoms with E-state index < -0.39 is 5.54 Å². The molecule has 0 aliphatic heterocycles. The normalized spacial score (nSPS) is 13.9. The molecule has 2 aromatic heterocycles. The van der Waals surface area contributed by atoms with Gasteiger partial charge in [0.2, 0.25) is 5.95 Å². The van der Waals surface area contributed by atoms with Gasteiger partial charge in [0.05, 0.1) is 17.7 Å². The van der Waals surface area contributed by atoms with Crippen molar-refractivity contribution in [1.82, 2.24) is 15.0 Å². The number of pyridine rings is 1. The maximum Gasteiger partial charge on any atom is 0.222 e. The number of aliphatic hydroxyl groups excluding tert-OH is 1. The molecule has 0 fully saturated rings. The maximum atomic E-state index is 9.62. The lowest BCUT2D eigenvalue weighted by atomic mass is 9.96. The fraction of sp³-hybridized carbons (Fsp3) is 0.357. The molecule has 0 saturated carbocycles. The molecule has 2 rings (SSSR count). The lowest BCUT2D eigenvalue weighted by molar-refractivity contribution is 0.215. The molecule has 20 heavy (non-hydrogen) atoms. The highest BCUT2D eigenvalue weighted by Crippen LogP contribution is 2.24. The van der Waals surface area contributed by atoms with Crippen molar-refractivity contribution in [2.24, 2.45) is 0 Å². The minimum atomic E-state index is -0.514. The van der Waals surface area contributed by atoms with Gasteiger partial charge in [-0.05, 0) is 31.9 Å². The van der Waals surface area contributed by atoms with Crippen molar-refractivity contribution in [3.8, 4) is 0 Å². The highest BCUT2D eigenvalue weighted by molar-refractivity contribution is 5.86. The molecule has 1 atom stereocenters. The second kappa shape index (κ2) is 5.83. The lowest BCUT2D eigenvalue weighted by Gasteiger charge is -2.29. The molecule has 0 aromatic carbocycles. The molecular weight excluding hydrogens is 254 g/mol. The van der Waals surface area contributed by atoms with Gasteiger partial charge in [0, 0.05) is 6.20 Å². The van der Waals surface area contributed by atoms with Crippen molar-refractivity contribution in [1.29, 1.82) is 0 Å². The van der Waals surface area contributed by atoms with E-state index in [1.807, 2.05) is 19.1 Å². The summed E-state index contributed by atoms with van der Waals surface area (Å²) in [6.45, 7) is 5.59. The Labute approximate surface area is 117 Å². The van der Waals surface area contributed by atoms with Crippen LogP contribution < -0.4 is 11.1 Å². The second-order valence-electron chi connectivity index (χ2n) is 4.97. The first kappa shape index (κ1) is 14.2. The Morgan fingerprint density at radius 3 is 3.00 bits per heavy atom. The average Bonchev–Trinajstić information content (AvgIpc) is 2.45. The van der Waals surface area contributed by atoms with Gasteiger partial charge < -0.3 is 16.2 Å². The van der Waals surface area contributed by atoms with Crippen molar-refractivity contribution in [3.05, 3.63) is 31.0 Å². The van der Waals surface area contributed by atoms with E-state index in [0.717, 1.165) is 12.8 Å². The van der Waals surface area contributed by atoms with Crippen LogP contribution in [0.15, 0.2) is 31.0 Å². The zero-order chi connectivity index (χ0) is 14.6. The summed E-state index contributed by atoms with van der Waals surface area (Å²) in [6, 6.07) is 3.62. The lowest BCUT2D eigenvalue weighted by Crippen LogP contribution is -2.39. The molecule has 0 radical (unpaired) electrons. The first-order chi connectivity index (χ1) is 9.58. The number of allylic oxidation sites excluding steroid dienone is 1. The number of aliphatic hydroxyl groups is 1. The van der Waals surface area contributed by atoms with Crippen molar-refractivity contribution in [2.45, 2.75) is 25.3 Å². The van der Waals surface area contributed by atoms with Crippen LogP contribution in [0.5, 0.6) is 0 Å². The molecule has 2 aromatic rings. The fourth-order valence-electron chi connectivity index (χ4n) is 1.96. The Balaban J connectivity index is 2.39. The number of fused-ring (bicyclic) bond motifs is 1. The number of nitrogen functional groups attached to an aromatic ring is 1. The van der Waals surface area contributed by atoms with E-state index in [2.05, 4.69) is 26.8 Å². The van der Waals surface area contributed by atoms with E-state index in [9.17, 15) is 5.11 Å². The molecule has 6 heteroatoms. The van der Waals surface area contributed by atoms with Gasteiger partial charge in [0.25, 0.3) is 0 Å². The molecule has 106 valence electrons. The van der Waals surface area contributed by atoms with Crippen LogP contribution in [0.2, 0.25) is 0 Å². The minimum Gasteiger partial charge on any atom is -0.394 e. The molecule has 6 nitrogen and oxygen atoms in total. The number of hydrogen-bond donors (Lipinski definition) is 3. The van der Waals surface area contributed by atoms with Crippen molar-refractivity contribution in [3.63, 3.8) is 0 Å². The number of nitrogens with one attached hydrogen (secondary N) is 1. The Bertz CT molecular complexity index is 616. The van der Waals surface area contributed by atoms with Gasteiger partial charge in [-0.2, -0.15) is 4.98 Å². The predicted molar refractivity (Wildman–Crippen MR) is 80.3 cm³/mol. The van der Waals surface area contributed by atoms with Gasteiger partial charge in [-0.1, -0.05) is 6.08 Å². The molecule has 0 aliphatic carbocycles. The SMILES string of the molecule is C=CCC[C@](C)(CO)Nc1nc(N)nc2cccnc12. The third kappa shape index (κ3) is 3.03. The van der Waals surface area contributed by atoms with Gasteiger partial charge in [-0.3, -0.25) is 4.98 Å². The molecule has 0 spiro atoms. The number of nitrogens with two attached hydrogens (primary N) is 1. The van der Waals surface area contributed by atoms with E-state index in [4.69, 9.17) is 5.73 Å². The largest absolute Gasteiger partial charge is 0.394 e. The molecule has 0 amide bonds. The van der Waals surface area contributed by atoms with Crippen molar-refractivity contribution >= 4 is 22.8 Å². The van der Waals surface area contributed by atoms with Crippen LogP contribution in [0.3, 0.4) is 0 Å². The van der Waals surface area contributed by atoms with Crippen molar-refractivity contribution in [2.75, 3.05) is 17.7 Å². The first-order valence-corrected chi connectivity index (χ1v) is 6.46. The summed E-state index contributed by atoms with van der Waals surface area (Å²) in [5.74, 6) is 0.714. The topological polar surface area (TPSA) is 97.0 Å². The smallest absolute Gasteiger partial charge is 0.222 e. The van der Waals surface area contributed by atoms with Gasteiger partial charge in [-0.15, -0.1) is 6.58 Å². The molecule has 4 N–H and O–H groups in total. The van der Waals surface area contributed by atoms with Crippen LogP contribution in [-0.4, -0.2) is 32.2 Å². The fourth-order valence-corrected chi connectivity index (χ4v) is 1.96. The number of rotatable bonds is 6. The highest BCUT2D eigenvalue weighted by atomic mass is 16.3. The molecule has 2 heterocycles. The number of nitrogens with zero attached hydrogens (tertiary/aromatic N) is 3. The van der Waals surface area contributed by atoms with Crippen LogP contribution in [0, 0.1) is 0 Å². The standard InChI is InChI=1S/C14H19N5O/c1-3-4-7-14(2,9-20)19-12-11-10(6-5-8-16-11)17-13(15)18-12/h3,5-6,8,20H,1,4,7,9H2,2H3,(H3,15,17,18,19)/t14-/m1/s1. The number of anilines is 2. The van der Waals surface area contributed by atoms with E-state index in [1.54, 1.807) is 12.3 Å². The zero-order valence-electron chi connectivity index (χ0n) is 11.5. The zero-order valence-corrected chi connectivity index (χ0v) is 11.5. The molecule has 0 unspecified atom stereocenters. The summed E-state index contributed by atoms with van der Waals surface area (Å²) in [5, 5.41) is 12.9. The molecule has 0 saturated heterocycles. The molecule has 0 bridgehead atoms. The van der Waals surface area contributed by atoms with Crippen LogP contribution in [0.25, 0.3) is 11.0 Å². The van der Waals surface area contributed by atoms with E-state index in [1.165, 1.54) is 0 Å². The monoisotopic (exact) mass is 273 g/mol. The maximum absolute atomic E-state index is 9.62. The molecule has 0 aliphatic rings. The number of hydrogen-bond acceptors (Lipinski definition) is 6. The third-order valence-corrected chi connectivity index (χ3v) is 3.14. The Morgan fingerprint density at radius 2 is 2.30 bits per heavy atom. The van der Waals surface area contributed by atoms with E-state index in [-0.39, 0.29) is 12.6 Å². The molecular formula is C14H19N5O. The number of aromatic nitrogens is 3. The Kier molecular flexibility index (Phi) is 4.14.